The first-order chi connectivity index (χ1) is 14.4. The number of carbonyl (C=O) groups is 2. The summed E-state index contributed by atoms with van der Waals surface area (Å²) in [6.07, 6.45) is -0.257. The number of nitrogens with one attached hydrogen (secondary N) is 2. The third kappa shape index (κ3) is 5.30. The number of hydrogen-bond acceptors (Lipinski definition) is 4. The van der Waals surface area contributed by atoms with E-state index in [-0.39, 0.29) is 34.0 Å². The Balaban J connectivity index is 1.67. The molecule has 0 bridgehead atoms. The lowest BCUT2D eigenvalue weighted by molar-refractivity contribution is -0.115. The number of hydrogen-bond donors (Lipinski definition) is 2. The minimum atomic E-state index is -3.59. The van der Waals surface area contributed by atoms with Crippen LogP contribution >= 0.6 is 0 Å². The molecule has 0 aliphatic rings. The highest BCUT2D eigenvalue weighted by Gasteiger charge is 2.17. The molecular formula is C22H19FN2O4S. The molecule has 0 aromatic heterocycles. The molecule has 3 rings (SSSR count). The van der Waals surface area contributed by atoms with Gasteiger partial charge < -0.3 is 10.6 Å². The Labute approximate surface area is 173 Å². The zero-order valence-electron chi connectivity index (χ0n) is 15.8. The summed E-state index contributed by atoms with van der Waals surface area (Å²) in [6.45, 7) is 0. The third-order valence-electron chi connectivity index (χ3n) is 4.27. The normalized spacial score (nSPS) is 11.0. The van der Waals surface area contributed by atoms with Crippen molar-refractivity contribution in [1.82, 2.24) is 0 Å². The maximum absolute atomic E-state index is 13.8. The van der Waals surface area contributed by atoms with Gasteiger partial charge in [0, 0.05) is 6.42 Å². The van der Waals surface area contributed by atoms with Crippen molar-refractivity contribution in [2.75, 3.05) is 16.4 Å². The van der Waals surface area contributed by atoms with Crippen LogP contribution in [0.2, 0.25) is 0 Å². The number of rotatable bonds is 7. The SMILES string of the molecule is O=C(CCS(=O)(=O)c1ccccc1)Nc1ccccc1NC(=O)c1ccccc1F. The van der Waals surface area contributed by atoms with Gasteiger partial charge in [0.1, 0.15) is 5.82 Å². The summed E-state index contributed by atoms with van der Waals surface area (Å²) in [5.41, 5.74) is 0.418. The van der Waals surface area contributed by atoms with Crippen LogP contribution in [0.15, 0.2) is 83.8 Å². The summed E-state index contributed by atoms with van der Waals surface area (Å²) in [6, 6.07) is 19.8. The Bertz CT molecular complexity index is 1160. The van der Waals surface area contributed by atoms with Crippen molar-refractivity contribution in [3.63, 3.8) is 0 Å². The first kappa shape index (κ1) is 21.2. The predicted octanol–water partition coefficient (Wildman–Crippen LogP) is 3.88. The molecule has 8 heteroatoms. The van der Waals surface area contributed by atoms with Crippen molar-refractivity contribution in [2.45, 2.75) is 11.3 Å². The molecule has 0 heterocycles. The summed E-state index contributed by atoms with van der Waals surface area (Å²) in [4.78, 5) is 24.8. The van der Waals surface area contributed by atoms with Crippen LogP contribution in [0.1, 0.15) is 16.8 Å². The van der Waals surface area contributed by atoms with Gasteiger partial charge in [0.15, 0.2) is 9.84 Å². The summed E-state index contributed by atoms with van der Waals surface area (Å²) in [7, 11) is -3.59. The summed E-state index contributed by atoms with van der Waals surface area (Å²) >= 11 is 0. The lowest BCUT2D eigenvalue weighted by Crippen LogP contribution is -2.19. The molecule has 2 amide bonds. The summed E-state index contributed by atoms with van der Waals surface area (Å²) in [5.74, 6) is -2.21. The Morgan fingerprint density at radius 1 is 0.767 bits per heavy atom. The zero-order valence-corrected chi connectivity index (χ0v) is 16.7. The van der Waals surface area contributed by atoms with Gasteiger partial charge in [0.05, 0.1) is 27.6 Å². The van der Waals surface area contributed by atoms with Crippen LogP contribution in [0.4, 0.5) is 15.8 Å². The van der Waals surface area contributed by atoms with Crippen LogP contribution < -0.4 is 10.6 Å². The summed E-state index contributed by atoms with van der Waals surface area (Å²) < 4.78 is 38.5. The van der Waals surface area contributed by atoms with Gasteiger partial charge in [-0.25, -0.2) is 12.8 Å². The highest BCUT2D eigenvalue weighted by molar-refractivity contribution is 7.91. The van der Waals surface area contributed by atoms with Gasteiger partial charge >= 0.3 is 0 Å². The van der Waals surface area contributed by atoms with E-state index in [9.17, 15) is 22.4 Å². The largest absolute Gasteiger partial charge is 0.324 e. The molecule has 0 atom stereocenters. The van der Waals surface area contributed by atoms with Crippen LogP contribution in [0.3, 0.4) is 0 Å². The van der Waals surface area contributed by atoms with E-state index in [0.717, 1.165) is 0 Å². The van der Waals surface area contributed by atoms with E-state index in [0.29, 0.717) is 0 Å². The number of amides is 2. The van der Waals surface area contributed by atoms with Crippen molar-refractivity contribution in [3.05, 3.63) is 90.2 Å². The number of halogens is 1. The molecule has 0 spiro atoms. The van der Waals surface area contributed by atoms with Crippen LogP contribution in [-0.4, -0.2) is 26.0 Å². The van der Waals surface area contributed by atoms with E-state index < -0.39 is 27.5 Å². The summed E-state index contributed by atoms with van der Waals surface area (Å²) in [5, 5.41) is 5.15. The van der Waals surface area contributed by atoms with E-state index in [1.54, 1.807) is 48.5 Å². The quantitative estimate of drug-likeness (QED) is 0.600. The molecule has 3 aromatic carbocycles. The number of para-hydroxylation sites is 2. The van der Waals surface area contributed by atoms with Gasteiger partial charge in [-0.05, 0) is 36.4 Å². The fourth-order valence-corrected chi connectivity index (χ4v) is 3.98. The van der Waals surface area contributed by atoms with Crippen LogP contribution in [0, 0.1) is 5.82 Å². The predicted molar refractivity (Wildman–Crippen MR) is 113 cm³/mol. The molecule has 6 nitrogen and oxygen atoms in total. The maximum atomic E-state index is 13.8. The molecule has 0 fully saturated rings. The Hall–Kier alpha value is -3.52. The minimum absolute atomic E-state index is 0.132. The molecule has 0 radical (unpaired) electrons. The molecule has 0 aliphatic heterocycles. The van der Waals surface area contributed by atoms with Gasteiger partial charge in [-0.3, -0.25) is 9.59 Å². The van der Waals surface area contributed by atoms with Crippen molar-refractivity contribution in [1.29, 1.82) is 0 Å². The van der Waals surface area contributed by atoms with E-state index in [1.165, 1.54) is 30.3 Å². The maximum Gasteiger partial charge on any atom is 0.258 e. The van der Waals surface area contributed by atoms with E-state index in [4.69, 9.17) is 0 Å². The van der Waals surface area contributed by atoms with Crippen molar-refractivity contribution < 1.29 is 22.4 Å². The molecule has 30 heavy (non-hydrogen) atoms. The fraction of sp³-hybridized carbons (Fsp3) is 0.0909. The fourth-order valence-electron chi connectivity index (χ4n) is 2.72. The molecule has 0 saturated heterocycles. The van der Waals surface area contributed by atoms with Gasteiger partial charge in [0.25, 0.3) is 5.91 Å². The number of anilines is 2. The Morgan fingerprint density at radius 2 is 1.33 bits per heavy atom. The van der Waals surface area contributed by atoms with Gasteiger partial charge in [-0.1, -0.05) is 42.5 Å². The molecule has 0 aliphatic carbocycles. The topological polar surface area (TPSA) is 92.3 Å². The first-order valence-corrected chi connectivity index (χ1v) is 10.7. The minimum Gasteiger partial charge on any atom is -0.324 e. The molecular weight excluding hydrogens is 407 g/mol. The second-order valence-electron chi connectivity index (χ2n) is 6.41. The molecule has 0 saturated carbocycles. The Morgan fingerprint density at radius 3 is 2.00 bits per heavy atom. The lowest BCUT2D eigenvalue weighted by atomic mass is 10.2. The standard InChI is InChI=1S/C22H19FN2O4S/c23-18-11-5-4-10-17(18)22(27)25-20-13-7-6-12-19(20)24-21(26)14-15-30(28,29)16-8-2-1-3-9-16/h1-13H,14-15H2,(H,24,26)(H,25,27). The second kappa shape index (κ2) is 9.32. The lowest BCUT2D eigenvalue weighted by Gasteiger charge is -2.13. The number of benzene rings is 3. The molecule has 3 aromatic rings. The molecule has 0 unspecified atom stereocenters. The average molecular weight is 426 g/mol. The van der Waals surface area contributed by atoms with Crippen LogP contribution in [0.5, 0.6) is 0 Å². The first-order valence-electron chi connectivity index (χ1n) is 9.09. The second-order valence-corrected chi connectivity index (χ2v) is 8.52. The zero-order chi connectivity index (χ0) is 21.6. The van der Waals surface area contributed by atoms with Crippen LogP contribution in [-0.2, 0) is 14.6 Å². The van der Waals surface area contributed by atoms with E-state index in [2.05, 4.69) is 10.6 Å². The average Bonchev–Trinajstić information content (AvgIpc) is 2.75. The third-order valence-corrected chi connectivity index (χ3v) is 6.00. The Kier molecular flexibility index (Phi) is 6.58. The molecule has 2 N–H and O–H groups in total. The van der Waals surface area contributed by atoms with Crippen molar-refractivity contribution >= 4 is 33.0 Å². The monoisotopic (exact) mass is 426 g/mol. The molecule has 154 valence electrons. The van der Waals surface area contributed by atoms with E-state index in [1.807, 2.05) is 0 Å². The number of sulfone groups is 1. The highest BCUT2D eigenvalue weighted by atomic mass is 32.2. The van der Waals surface area contributed by atoms with Gasteiger partial charge in [-0.2, -0.15) is 0 Å². The number of carbonyl (C=O) groups excluding carboxylic acids is 2. The van der Waals surface area contributed by atoms with Crippen molar-refractivity contribution in [2.24, 2.45) is 0 Å². The van der Waals surface area contributed by atoms with Gasteiger partial charge in [0.2, 0.25) is 5.91 Å². The van der Waals surface area contributed by atoms with Crippen molar-refractivity contribution in [3.8, 4) is 0 Å². The van der Waals surface area contributed by atoms with E-state index >= 15 is 0 Å². The highest BCUT2D eigenvalue weighted by Crippen LogP contribution is 2.23. The van der Waals surface area contributed by atoms with Crippen LogP contribution in [0.25, 0.3) is 0 Å². The van der Waals surface area contributed by atoms with Gasteiger partial charge in [-0.15, -0.1) is 0 Å². The smallest absolute Gasteiger partial charge is 0.258 e.